The van der Waals surface area contributed by atoms with E-state index in [1.165, 1.54) is 36.6 Å². The molecule has 4 rings (SSSR count). The summed E-state index contributed by atoms with van der Waals surface area (Å²) < 4.78 is 3.64. The van der Waals surface area contributed by atoms with Crippen LogP contribution in [0.1, 0.15) is 44.0 Å². The van der Waals surface area contributed by atoms with E-state index in [2.05, 4.69) is 25.1 Å². The fraction of sp³-hybridized carbons (Fsp3) is 0.476. The highest BCUT2D eigenvalue weighted by atomic mass is 32.2. The molecule has 1 fully saturated rings. The molecule has 158 valence electrons. The van der Waals surface area contributed by atoms with Gasteiger partial charge in [0.25, 0.3) is 5.56 Å². The Balaban J connectivity index is 1.31. The van der Waals surface area contributed by atoms with Crippen molar-refractivity contribution in [2.45, 2.75) is 56.3 Å². The van der Waals surface area contributed by atoms with E-state index in [0.717, 1.165) is 23.8 Å². The minimum atomic E-state index is -0.204. The van der Waals surface area contributed by atoms with Gasteiger partial charge in [-0.15, -0.1) is 10.2 Å². The molecule has 0 radical (unpaired) electrons. The zero-order chi connectivity index (χ0) is 20.9. The van der Waals surface area contributed by atoms with Crippen molar-refractivity contribution in [3.63, 3.8) is 0 Å². The summed E-state index contributed by atoms with van der Waals surface area (Å²) in [5, 5.41) is 13.1. The smallest absolute Gasteiger partial charge is 0.261 e. The number of amides is 1. The second-order valence-corrected chi connectivity index (χ2v) is 8.33. The Morgan fingerprint density at radius 2 is 2.03 bits per heavy atom. The molecule has 9 heteroatoms. The van der Waals surface area contributed by atoms with Gasteiger partial charge in [-0.3, -0.25) is 14.2 Å². The molecule has 1 amide bonds. The minimum Gasteiger partial charge on any atom is -0.355 e. The highest BCUT2D eigenvalue weighted by Gasteiger charge is 2.23. The van der Waals surface area contributed by atoms with Crippen LogP contribution < -0.4 is 10.9 Å². The van der Waals surface area contributed by atoms with Crippen molar-refractivity contribution in [2.24, 2.45) is 0 Å². The quantitative estimate of drug-likeness (QED) is 0.439. The van der Waals surface area contributed by atoms with Gasteiger partial charge in [0.15, 0.2) is 5.16 Å². The number of fused-ring (bicyclic) bond motifs is 1. The molecule has 1 saturated carbocycles. The maximum Gasteiger partial charge on any atom is 0.261 e. The van der Waals surface area contributed by atoms with Gasteiger partial charge in [-0.05, 0) is 37.7 Å². The molecular formula is C21H26N6O2S. The molecule has 1 aliphatic carbocycles. The average molecular weight is 427 g/mol. The van der Waals surface area contributed by atoms with Crippen molar-refractivity contribution in [3.8, 4) is 0 Å². The van der Waals surface area contributed by atoms with Gasteiger partial charge in [0, 0.05) is 19.0 Å². The Labute approximate surface area is 179 Å². The first-order valence-corrected chi connectivity index (χ1v) is 11.6. The second kappa shape index (κ2) is 9.42. The molecular weight excluding hydrogens is 400 g/mol. The predicted octanol–water partition coefficient (Wildman–Crippen LogP) is 2.57. The molecule has 0 aliphatic heterocycles. The summed E-state index contributed by atoms with van der Waals surface area (Å²) in [7, 11) is 0. The molecule has 0 atom stereocenters. The number of carbonyl (C=O) groups excluding carboxylic acids is 1. The van der Waals surface area contributed by atoms with E-state index >= 15 is 0 Å². The molecule has 0 unspecified atom stereocenters. The lowest BCUT2D eigenvalue weighted by atomic mass is 10.2. The molecule has 30 heavy (non-hydrogen) atoms. The van der Waals surface area contributed by atoms with Gasteiger partial charge >= 0.3 is 0 Å². The molecule has 8 nitrogen and oxygen atoms in total. The Bertz CT molecular complexity index is 1090. The van der Waals surface area contributed by atoms with E-state index in [0.29, 0.717) is 23.5 Å². The van der Waals surface area contributed by atoms with Gasteiger partial charge in [0.2, 0.25) is 5.91 Å². The Hall–Kier alpha value is -2.68. The van der Waals surface area contributed by atoms with Crippen molar-refractivity contribution in [2.75, 3.05) is 12.8 Å². The number of thioether (sulfide) groups is 1. The normalized spacial score (nSPS) is 14.4. The van der Waals surface area contributed by atoms with Gasteiger partial charge in [0.1, 0.15) is 12.4 Å². The van der Waals surface area contributed by atoms with E-state index < -0.39 is 0 Å². The molecule has 2 aromatic heterocycles. The molecule has 3 aromatic rings. The maximum atomic E-state index is 12.5. The van der Waals surface area contributed by atoms with Crippen LogP contribution in [-0.2, 0) is 17.8 Å². The van der Waals surface area contributed by atoms with Crippen molar-refractivity contribution < 1.29 is 4.79 Å². The van der Waals surface area contributed by atoms with Gasteiger partial charge in [0.05, 0.1) is 17.2 Å². The summed E-state index contributed by atoms with van der Waals surface area (Å²) in [4.78, 5) is 29.1. The van der Waals surface area contributed by atoms with Crippen LogP contribution in [0, 0.1) is 0 Å². The average Bonchev–Trinajstić information content (AvgIpc) is 3.42. The SMILES string of the molecule is CSc1nnc(CCCNC(=O)Cn2cnc3ccccc3c2=O)n1C1CCCC1. The van der Waals surface area contributed by atoms with Crippen LogP contribution in [0.3, 0.4) is 0 Å². The number of nitrogens with one attached hydrogen (secondary N) is 1. The van der Waals surface area contributed by atoms with Crippen LogP contribution >= 0.6 is 11.8 Å². The third-order valence-electron chi connectivity index (χ3n) is 5.55. The van der Waals surface area contributed by atoms with Gasteiger partial charge in [-0.25, -0.2) is 4.98 Å². The molecule has 1 aromatic carbocycles. The first kappa shape index (κ1) is 20.6. The first-order chi connectivity index (χ1) is 14.7. The lowest BCUT2D eigenvalue weighted by Gasteiger charge is -2.16. The van der Waals surface area contributed by atoms with E-state index in [4.69, 9.17) is 0 Å². The van der Waals surface area contributed by atoms with Crippen LogP contribution in [-0.4, -0.2) is 43.0 Å². The highest BCUT2D eigenvalue weighted by Crippen LogP contribution is 2.33. The number of carbonyl (C=O) groups is 1. The van der Waals surface area contributed by atoms with Crippen LogP contribution in [0.4, 0.5) is 0 Å². The molecule has 0 bridgehead atoms. The Morgan fingerprint density at radius 1 is 1.23 bits per heavy atom. The van der Waals surface area contributed by atoms with Crippen molar-refractivity contribution in [1.29, 1.82) is 0 Å². The number of para-hydroxylation sites is 1. The van der Waals surface area contributed by atoms with Crippen molar-refractivity contribution in [3.05, 3.63) is 46.8 Å². The molecule has 1 N–H and O–H groups in total. The topological polar surface area (TPSA) is 94.7 Å². The number of hydrogen-bond donors (Lipinski definition) is 1. The Morgan fingerprint density at radius 3 is 2.83 bits per heavy atom. The van der Waals surface area contributed by atoms with Crippen LogP contribution in [0.15, 0.2) is 40.5 Å². The van der Waals surface area contributed by atoms with Gasteiger partial charge in [-0.1, -0.05) is 36.7 Å². The number of nitrogens with zero attached hydrogens (tertiary/aromatic N) is 5. The monoisotopic (exact) mass is 426 g/mol. The summed E-state index contributed by atoms with van der Waals surface area (Å²) in [5.41, 5.74) is 0.431. The zero-order valence-electron chi connectivity index (χ0n) is 17.1. The molecule has 1 aliphatic rings. The van der Waals surface area contributed by atoms with Crippen LogP contribution in [0.2, 0.25) is 0 Å². The largest absolute Gasteiger partial charge is 0.355 e. The summed E-state index contributed by atoms with van der Waals surface area (Å²) in [6, 6.07) is 7.64. The third-order valence-corrected chi connectivity index (χ3v) is 6.20. The summed E-state index contributed by atoms with van der Waals surface area (Å²) in [5.74, 6) is 0.798. The Kier molecular flexibility index (Phi) is 6.47. The fourth-order valence-electron chi connectivity index (χ4n) is 4.05. The standard InChI is InChI=1S/C21H26N6O2S/c1-30-21-25-24-18(27(21)15-7-2-3-8-15)11-6-12-22-19(28)13-26-14-23-17-10-5-4-9-16(17)20(26)29/h4-5,9-10,14-15H,2-3,6-8,11-13H2,1H3,(H,22,28). The minimum absolute atomic E-state index is 0.0362. The van der Waals surface area contributed by atoms with E-state index in [1.807, 2.05) is 12.3 Å². The lowest BCUT2D eigenvalue weighted by Crippen LogP contribution is -2.33. The zero-order valence-corrected chi connectivity index (χ0v) is 17.9. The molecule has 0 saturated heterocycles. The van der Waals surface area contributed by atoms with Crippen molar-refractivity contribution in [1.82, 2.24) is 29.6 Å². The van der Waals surface area contributed by atoms with E-state index in [9.17, 15) is 9.59 Å². The number of hydrogen-bond acceptors (Lipinski definition) is 6. The fourth-order valence-corrected chi connectivity index (χ4v) is 4.62. The number of aromatic nitrogens is 5. The summed E-state index contributed by atoms with van der Waals surface area (Å²) >= 11 is 1.63. The summed E-state index contributed by atoms with van der Waals surface area (Å²) in [6.45, 7) is 0.492. The summed E-state index contributed by atoms with van der Waals surface area (Å²) in [6.07, 6.45) is 9.89. The van der Waals surface area contributed by atoms with Gasteiger partial charge < -0.3 is 9.88 Å². The second-order valence-electron chi connectivity index (χ2n) is 7.56. The van der Waals surface area contributed by atoms with Crippen molar-refractivity contribution >= 4 is 28.6 Å². The molecule has 2 heterocycles. The van der Waals surface area contributed by atoms with E-state index in [-0.39, 0.29) is 18.0 Å². The number of aryl methyl sites for hydroxylation is 1. The predicted molar refractivity (Wildman–Crippen MR) is 117 cm³/mol. The van der Waals surface area contributed by atoms with Crippen LogP contribution in [0.25, 0.3) is 10.9 Å². The highest BCUT2D eigenvalue weighted by molar-refractivity contribution is 7.98. The third kappa shape index (κ3) is 4.40. The van der Waals surface area contributed by atoms with E-state index in [1.54, 1.807) is 30.0 Å². The van der Waals surface area contributed by atoms with Gasteiger partial charge in [-0.2, -0.15) is 0 Å². The number of benzene rings is 1. The van der Waals surface area contributed by atoms with Crippen LogP contribution in [0.5, 0.6) is 0 Å². The lowest BCUT2D eigenvalue weighted by molar-refractivity contribution is -0.121. The maximum absolute atomic E-state index is 12.5. The number of rotatable bonds is 8. The molecule has 0 spiro atoms. The first-order valence-electron chi connectivity index (χ1n) is 10.4.